The molecule has 0 spiro atoms. The van der Waals surface area contributed by atoms with Crippen LogP contribution in [0.4, 0.5) is 0 Å². The maximum Gasteiger partial charge on any atom is 0.261 e. The minimum absolute atomic E-state index is 0. The Morgan fingerprint density at radius 2 is 0.704 bits per heavy atom. The van der Waals surface area contributed by atoms with E-state index in [1.807, 2.05) is 140 Å². The zero-order valence-corrected chi connectivity index (χ0v) is 65.3. The number of terminal acetylenes is 1. The van der Waals surface area contributed by atoms with Crippen LogP contribution < -0.4 is 22.2 Å². The molecule has 554 valence electrons. The zero-order chi connectivity index (χ0) is 72.5. The summed E-state index contributed by atoms with van der Waals surface area (Å²) in [5, 5.41) is 2.80. The predicted octanol–water partition coefficient (Wildman–Crippen LogP) is 12.2. The molecule has 8 aliphatic heterocycles. The van der Waals surface area contributed by atoms with E-state index in [0.717, 1.165) is 179 Å². The summed E-state index contributed by atoms with van der Waals surface area (Å²) in [6, 6.07) is 41.7. The molecule has 0 bridgehead atoms. The standard InChI is InChI=1S/2C23H22N4O.2C16H18BrN3O.C7H5N.2ClH/c28-23-20-10-8-17(7-9-18-5-1-3-12-24-18)15-21(20)25-22-11-14-26-13-4-2-6-19(26)16-27(22)23;28-23-20-10-8-17(7-9-18-5-1-3-11-24-18)15-21(20)25-22-16-19-6-2-4-12-26(19)13-14-27(22)23;17-11-4-5-13-14(9-11)18-15-6-8-19-7-2-1-3-12(19)10-20(15)16(13)21;17-11-4-5-13-14(9-11)18-15-10-12-3-1-2-6-19(12)7-8-20(15)16(13)21;1-2-7-5-3-4-6-8-7;;/h1,3,5,8,10,12,15,19H,2,4,6,11,13-14,16H2;1,3,5,8,10-11,15,19H,2,4,6,12-14,16H2;2*4-5,9,12H,1-3,6-8,10H2;1,3-6H;2*1H. The van der Waals surface area contributed by atoms with Crippen molar-refractivity contribution in [2.45, 2.75) is 153 Å². The topological polar surface area (TPSA) is 191 Å². The van der Waals surface area contributed by atoms with E-state index < -0.39 is 0 Å². The van der Waals surface area contributed by atoms with Crippen LogP contribution in [-0.4, -0.2) is 149 Å². The number of piperidine rings is 4. The zero-order valence-electron chi connectivity index (χ0n) is 60.5. The van der Waals surface area contributed by atoms with Gasteiger partial charge in [0.2, 0.25) is 0 Å². The average Bonchev–Trinajstić information content (AvgIpc) is 1.24. The van der Waals surface area contributed by atoms with Gasteiger partial charge in [0.05, 0.1) is 43.6 Å². The Bertz CT molecular complexity index is 5500. The van der Waals surface area contributed by atoms with Crippen molar-refractivity contribution in [1.82, 2.24) is 72.8 Å². The number of fused-ring (bicyclic) bond motifs is 12. The van der Waals surface area contributed by atoms with Gasteiger partial charge in [-0.3, -0.25) is 57.0 Å². The Labute approximate surface area is 657 Å². The molecule has 4 aromatic carbocycles. The van der Waals surface area contributed by atoms with Crippen LogP contribution in [0.2, 0.25) is 0 Å². The first-order chi connectivity index (χ1) is 51.9. The van der Waals surface area contributed by atoms with E-state index in [1.165, 1.54) is 90.1 Å². The highest BCUT2D eigenvalue weighted by Crippen LogP contribution is 2.29. The second-order valence-corrected chi connectivity index (χ2v) is 30.4. The van der Waals surface area contributed by atoms with Gasteiger partial charge in [-0.15, -0.1) is 31.2 Å². The molecule has 0 N–H and O–H groups in total. The molecule has 4 atom stereocenters. The largest absolute Gasteiger partial charge is 0.298 e. The highest BCUT2D eigenvalue weighted by atomic mass is 79.9. The predicted molar refractivity (Wildman–Crippen MR) is 438 cm³/mol. The molecule has 0 aliphatic carbocycles. The van der Waals surface area contributed by atoms with Crippen LogP contribution in [0, 0.1) is 36.0 Å². The molecule has 7 aromatic heterocycles. The van der Waals surface area contributed by atoms with Crippen molar-refractivity contribution >= 4 is 100 Å². The lowest BCUT2D eigenvalue weighted by molar-refractivity contribution is 0.144. The first-order valence-electron chi connectivity index (χ1n) is 37.6. The lowest BCUT2D eigenvalue weighted by Gasteiger charge is -2.33. The van der Waals surface area contributed by atoms with Gasteiger partial charge >= 0.3 is 0 Å². The number of hydrogen-bond acceptors (Lipinski definition) is 15. The number of hydrogen-bond donors (Lipinski definition) is 0. The Kier molecular flexibility index (Phi) is 25.7. The second kappa shape index (κ2) is 36.0. The molecule has 4 fully saturated rings. The molecule has 4 unspecified atom stereocenters. The van der Waals surface area contributed by atoms with Gasteiger partial charge in [0.25, 0.3) is 22.2 Å². The normalized spacial score (nSPS) is 19.3. The van der Waals surface area contributed by atoms with Gasteiger partial charge in [-0.1, -0.05) is 93.5 Å². The van der Waals surface area contributed by atoms with Gasteiger partial charge in [0.15, 0.2) is 0 Å². The summed E-state index contributed by atoms with van der Waals surface area (Å²) in [4.78, 5) is 93.5. The first kappa shape index (κ1) is 77.1. The number of pyridine rings is 3. The van der Waals surface area contributed by atoms with Crippen molar-refractivity contribution in [3.05, 3.63) is 248 Å². The minimum Gasteiger partial charge on any atom is -0.298 e. The maximum atomic E-state index is 13.1. The summed E-state index contributed by atoms with van der Waals surface area (Å²) in [5.74, 6) is 18.6. The molecular weight excluding hydrogens is 1530 g/mol. The fourth-order valence-corrected chi connectivity index (χ4v) is 17.1. The fraction of sp³-hybridized carbons (Fsp3) is 0.376. The van der Waals surface area contributed by atoms with E-state index in [2.05, 4.69) is 96.0 Å². The number of rotatable bonds is 0. The Morgan fingerprint density at radius 1 is 0.352 bits per heavy atom. The molecule has 0 saturated carbocycles. The third-order valence-electron chi connectivity index (χ3n) is 22.0. The van der Waals surface area contributed by atoms with E-state index in [4.69, 9.17) is 26.4 Å². The summed E-state index contributed by atoms with van der Waals surface area (Å²) < 4.78 is 9.57. The fourth-order valence-electron chi connectivity index (χ4n) is 16.4. The van der Waals surface area contributed by atoms with Crippen LogP contribution >= 0.6 is 56.7 Å². The minimum atomic E-state index is 0. The van der Waals surface area contributed by atoms with Gasteiger partial charge < -0.3 is 0 Å². The van der Waals surface area contributed by atoms with E-state index in [0.29, 0.717) is 40.6 Å². The molecule has 23 heteroatoms. The molecule has 11 aromatic rings. The number of nitrogens with zero attached hydrogens (tertiary/aromatic N) is 15. The number of benzene rings is 4. The Morgan fingerprint density at radius 3 is 1.08 bits per heavy atom. The van der Waals surface area contributed by atoms with E-state index in [9.17, 15) is 19.2 Å². The molecule has 15 heterocycles. The van der Waals surface area contributed by atoms with Crippen molar-refractivity contribution < 1.29 is 0 Å². The lowest BCUT2D eigenvalue weighted by atomic mass is 9.99. The lowest BCUT2D eigenvalue weighted by Crippen LogP contribution is -2.42. The van der Waals surface area contributed by atoms with Gasteiger partial charge in [0, 0.05) is 141 Å². The van der Waals surface area contributed by atoms with Crippen LogP contribution in [0.25, 0.3) is 43.6 Å². The van der Waals surface area contributed by atoms with Gasteiger partial charge in [-0.25, -0.2) is 34.9 Å². The van der Waals surface area contributed by atoms with Crippen LogP contribution in [0.15, 0.2) is 174 Å². The van der Waals surface area contributed by atoms with Crippen molar-refractivity contribution in [1.29, 1.82) is 0 Å². The van der Waals surface area contributed by atoms with E-state index in [-0.39, 0.29) is 47.1 Å². The smallest absolute Gasteiger partial charge is 0.261 e. The molecular formula is C85H87Br2Cl2N15O4. The Balaban J connectivity index is 0.000000123. The highest BCUT2D eigenvalue weighted by Gasteiger charge is 2.32. The molecule has 0 radical (unpaired) electrons. The first-order valence-corrected chi connectivity index (χ1v) is 39.2. The van der Waals surface area contributed by atoms with Crippen molar-refractivity contribution in [3.8, 4) is 36.0 Å². The van der Waals surface area contributed by atoms with Crippen LogP contribution in [-0.2, 0) is 51.9 Å². The van der Waals surface area contributed by atoms with Crippen LogP contribution in [0.3, 0.4) is 0 Å². The molecule has 0 amide bonds. The van der Waals surface area contributed by atoms with Crippen molar-refractivity contribution in [2.24, 2.45) is 0 Å². The van der Waals surface area contributed by atoms with Gasteiger partial charge in [-0.05, 0) is 199 Å². The third-order valence-corrected chi connectivity index (χ3v) is 22.9. The highest BCUT2D eigenvalue weighted by molar-refractivity contribution is 9.10. The van der Waals surface area contributed by atoms with E-state index >= 15 is 0 Å². The summed E-state index contributed by atoms with van der Waals surface area (Å²) >= 11 is 6.93. The van der Waals surface area contributed by atoms with Crippen molar-refractivity contribution in [2.75, 3.05) is 52.4 Å². The van der Waals surface area contributed by atoms with E-state index in [1.54, 1.807) is 24.7 Å². The number of halogens is 4. The quantitative estimate of drug-likeness (QED) is 0.130. The van der Waals surface area contributed by atoms with Gasteiger partial charge in [0.1, 0.15) is 40.4 Å². The summed E-state index contributed by atoms with van der Waals surface area (Å²) in [5.41, 5.74) is 7.33. The third kappa shape index (κ3) is 18.0. The van der Waals surface area contributed by atoms with Crippen molar-refractivity contribution in [3.63, 3.8) is 0 Å². The van der Waals surface area contributed by atoms with Gasteiger partial charge in [-0.2, -0.15) is 0 Å². The average molecular weight is 1610 g/mol. The monoisotopic (exact) mass is 1610 g/mol. The summed E-state index contributed by atoms with van der Waals surface area (Å²) in [6.45, 7) is 11.6. The molecule has 108 heavy (non-hydrogen) atoms. The van der Waals surface area contributed by atoms with Crippen LogP contribution in [0.5, 0.6) is 0 Å². The second-order valence-electron chi connectivity index (χ2n) is 28.6. The number of aromatic nitrogens is 11. The summed E-state index contributed by atoms with van der Waals surface area (Å²) in [7, 11) is 0. The molecule has 8 aliphatic rings. The summed E-state index contributed by atoms with van der Waals surface area (Å²) in [6.07, 6.45) is 28.6. The maximum absolute atomic E-state index is 13.1. The molecule has 4 saturated heterocycles. The SMILES string of the molecule is C#Cc1ccccn1.Cl.Cl.O=c1c2ccc(Br)cc2nc2n1CC1CCCCN1CC2.O=c1c2ccc(Br)cc2nc2n1CCN1CCCCC1C2.O=c1c2ccc(C#Cc3ccccn3)cc2nc2n1CC1CCCCN1CC2.O=c1c2ccc(C#Cc3ccccn3)cc2nc2n1CCN1CCCCC1C2. The molecule has 19 rings (SSSR count). The molecule has 19 nitrogen and oxygen atoms in total. The van der Waals surface area contributed by atoms with Crippen LogP contribution in [0.1, 0.15) is 129 Å². The Hall–Kier alpha value is -9.05.